The van der Waals surface area contributed by atoms with Gasteiger partial charge in [-0.25, -0.2) is 4.79 Å². The number of hydrogen-bond donors (Lipinski definition) is 2. The molecule has 0 saturated carbocycles. The molecule has 1 aromatic rings. The molecule has 1 heterocycles. The van der Waals surface area contributed by atoms with E-state index in [9.17, 15) is 14.4 Å². The largest absolute Gasteiger partial charge is 0.464 e. The predicted octanol–water partition coefficient (Wildman–Crippen LogP) is 1.49. The van der Waals surface area contributed by atoms with Crippen LogP contribution in [-0.2, 0) is 19.1 Å². The minimum Gasteiger partial charge on any atom is -0.464 e. The summed E-state index contributed by atoms with van der Waals surface area (Å²) in [4.78, 5) is 35.7. The van der Waals surface area contributed by atoms with E-state index >= 15 is 0 Å². The van der Waals surface area contributed by atoms with Gasteiger partial charge >= 0.3 is 5.97 Å². The van der Waals surface area contributed by atoms with Crippen LogP contribution in [0.5, 0.6) is 0 Å². The summed E-state index contributed by atoms with van der Waals surface area (Å²) in [7, 11) is 0. The van der Waals surface area contributed by atoms with Gasteiger partial charge in [-0.05, 0) is 26.0 Å². The van der Waals surface area contributed by atoms with Crippen LogP contribution >= 0.6 is 11.8 Å². The summed E-state index contributed by atoms with van der Waals surface area (Å²) in [6.07, 6.45) is 0.0694. The van der Waals surface area contributed by atoms with Crippen LogP contribution in [-0.4, -0.2) is 41.4 Å². The third-order valence-corrected chi connectivity index (χ3v) is 4.66. The first-order chi connectivity index (χ1) is 11.0. The Morgan fingerprint density at radius 1 is 1.35 bits per heavy atom. The van der Waals surface area contributed by atoms with Crippen LogP contribution in [0.3, 0.4) is 0 Å². The quantitative estimate of drug-likeness (QED) is 0.796. The zero-order valence-corrected chi connectivity index (χ0v) is 13.9. The number of hydrogen-bond acceptors (Lipinski definition) is 5. The summed E-state index contributed by atoms with van der Waals surface area (Å²) in [5, 5.41) is 4.89. The molecule has 2 N–H and O–H groups in total. The minimum absolute atomic E-state index is 0.0694. The average molecular weight is 336 g/mol. The minimum atomic E-state index is -0.635. The first kappa shape index (κ1) is 17.3. The number of ether oxygens (including phenoxy) is 1. The maximum absolute atomic E-state index is 12.0. The van der Waals surface area contributed by atoms with Crippen molar-refractivity contribution in [2.75, 3.05) is 17.7 Å². The highest BCUT2D eigenvalue weighted by atomic mass is 32.2. The van der Waals surface area contributed by atoms with Gasteiger partial charge in [0, 0.05) is 17.9 Å². The Hall–Kier alpha value is -2.02. The lowest BCUT2D eigenvalue weighted by Crippen LogP contribution is -2.51. The Kier molecular flexibility index (Phi) is 6.04. The Morgan fingerprint density at radius 3 is 2.65 bits per heavy atom. The van der Waals surface area contributed by atoms with Crippen LogP contribution in [0, 0.1) is 6.92 Å². The lowest BCUT2D eigenvalue weighted by atomic mass is 10.2. The highest BCUT2D eigenvalue weighted by molar-refractivity contribution is 8.00. The summed E-state index contributed by atoms with van der Waals surface area (Å²) in [6.45, 7) is 3.96. The van der Waals surface area contributed by atoms with Gasteiger partial charge in [0.2, 0.25) is 11.8 Å². The van der Waals surface area contributed by atoms with Gasteiger partial charge in [-0.1, -0.05) is 17.7 Å². The normalized spacial score (nSPS) is 20.5. The van der Waals surface area contributed by atoms with Crippen molar-refractivity contribution in [1.82, 2.24) is 5.32 Å². The molecule has 6 nitrogen and oxygen atoms in total. The summed E-state index contributed by atoms with van der Waals surface area (Å²) in [5.41, 5.74) is 1.81. The molecule has 0 spiro atoms. The maximum atomic E-state index is 12.0. The van der Waals surface area contributed by atoms with Crippen LogP contribution in [0.25, 0.3) is 0 Å². The van der Waals surface area contributed by atoms with Crippen LogP contribution in [0.2, 0.25) is 0 Å². The van der Waals surface area contributed by atoms with Crippen LogP contribution in [0.4, 0.5) is 5.69 Å². The molecule has 0 radical (unpaired) electrons. The van der Waals surface area contributed by atoms with E-state index in [0.29, 0.717) is 11.4 Å². The molecule has 0 unspecified atom stereocenters. The number of aryl methyl sites for hydroxylation is 1. The topological polar surface area (TPSA) is 84.5 Å². The number of thioether (sulfide) groups is 1. The van der Waals surface area contributed by atoms with Crippen molar-refractivity contribution in [2.24, 2.45) is 0 Å². The molecule has 1 saturated heterocycles. The number of rotatable bonds is 5. The van der Waals surface area contributed by atoms with Gasteiger partial charge in [-0.15, -0.1) is 11.8 Å². The molecule has 1 aromatic carbocycles. The predicted molar refractivity (Wildman–Crippen MR) is 89.2 cm³/mol. The Bertz CT molecular complexity index is 588. The standard InChI is InChI=1S/C16H20N2O4S/c1-3-22-16(21)12-9-23-13(15(20)18-12)8-14(19)17-11-6-4-10(2)5-7-11/h4-7,12-13H,3,8-9H2,1-2H3,(H,17,19)(H,18,20)/t12-,13-/m0/s1. The summed E-state index contributed by atoms with van der Waals surface area (Å²) in [5.74, 6) is -0.557. The molecule has 2 rings (SSSR count). The fourth-order valence-electron chi connectivity index (χ4n) is 2.13. The van der Waals surface area contributed by atoms with Gasteiger partial charge < -0.3 is 15.4 Å². The van der Waals surface area contributed by atoms with Crippen LogP contribution < -0.4 is 10.6 Å². The van der Waals surface area contributed by atoms with E-state index in [2.05, 4.69) is 10.6 Å². The van der Waals surface area contributed by atoms with Crippen molar-refractivity contribution in [2.45, 2.75) is 31.6 Å². The summed E-state index contributed by atoms with van der Waals surface area (Å²) < 4.78 is 4.89. The molecular formula is C16H20N2O4S. The molecule has 1 aliphatic heterocycles. The van der Waals surface area contributed by atoms with Crippen molar-refractivity contribution in [3.8, 4) is 0 Å². The third kappa shape index (κ3) is 4.99. The summed E-state index contributed by atoms with van der Waals surface area (Å²) in [6, 6.07) is 6.81. The molecule has 7 heteroatoms. The maximum Gasteiger partial charge on any atom is 0.329 e. The molecule has 23 heavy (non-hydrogen) atoms. The molecule has 124 valence electrons. The monoisotopic (exact) mass is 336 g/mol. The van der Waals surface area contributed by atoms with Crippen LogP contribution in [0.15, 0.2) is 24.3 Å². The number of carbonyl (C=O) groups is 3. The average Bonchev–Trinajstić information content (AvgIpc) is 2.52. The van der Waals surface area contributed by atoms with Crippen molar-refractivity contribution in [3.63, 3.8) is 0 Å². The molecule has 1 aliphatic rings. The number of carbonyl (C=O) groups excluding carboxylic acids is 3. The van der Waals surface area contributed by atoms with Gasteiger partial charge in [-0.3, -0.25) is 9.59 Å². The molecule has 0 aliphatic carbocycles. The number of benzene rings is 1. The highest BCUT2D eigenvalue weighted by Gasteiger charge is 2.34. The van der Waals surface area contributed by atoms with Crippen molar-refractivity contribution >= 4 is 35.2 Å². The van der Waals surface area contributed by atoms with E-state index in [-0.39, 0.29) is 24.8 Å². The van der Waals surface area contributed by atoms with Gasteiger partial charge in [0.1, 0.15) is 6.04 Å². The molecule has 0 bridgehead atoms. The number of nitrogens with one attached hydrogen (secondary N) is 2. The van der Waals surface area contributed by atoms with Gasteiger partial charge in [0.25, 0.3) is 0 Å². The second-order valence-corrected chi connectivity index (χ2v) is 6.49. The molecule has 0 aromatic heterocycles. The Labute approximate surface area is 139 Å². The zero-order valence-electron chi connectivity index (χ0n) is 13.1. The molecule has 1 fully saturated rings. The van der Waals surface area contributed by atoms with E-state index in [0.717, 1.165) is 5.56 Å². The highest BCUT2D eigenvalue weighted by Crippen LogP contribution is 2.22. The van der Waals surface area contributed by atoms with Gasteiger partial charge in [-0.2, -0.15) is 0 Å². The first-order valence-electron chi connectivity index (χ1n) is 7.44. The van der Waals surface area contributed by atoms with Crippen molar-refractivity contribution in [1.29, 1.82) is 0 Å². The van der Waals surface area contributed by atoms with Crippen LogP contribution in [0.1, 0.15) is 18.9 Å². The number of anilines is 1. The second-order valence-electron chi connectivity index (χ2n) is 5.25. The van der Waals surface area contributed by atoms with E-state index in [1.165, 1.54) is 11.8 Å². The van der Waals surface area contributed by atoms with Crippen molar-refractivity contribution in [3.05, 3.63) is 29.8 Å². The Morgan fingerprint density at radius 2 is 2.04 bits per heavy atom. The molecule has 2 amide bonds. The summed E-state index contributed by atoms with van der Waals surface area (Å²) >= 11 is 1.30. The van der Waals surface area contributed by atoms with Gasteiger partial charge in [0.15, 0.2) is 0 Å². The van der Waals surface area contributed by atoms with E-state index in [1.807, 2.05) is 31.2 Å². The first-order valence-corrected chi connectivity index (χ1v) is 8.49. The molecule has 2 atom stereocenters. The lowest BCUT2D eigenvalue weighted by molar-refractivity contribution is -0.146. The fourth-order valence-corrected chi connectivity index (χ4v) is 3.27. The zero-order chi connectivity index (χ0) is 16.8. The number of esters is 1. The van der Waals surface area contributed by atoms with E-state index < -0.39 is 17.3 Å². The molecular weight excluding hydrogens is 316 g/mol. The lowest BCUT2D eigenvalue weighted by Gasteiger charge is -2.27. The fraction of sp³-hybridized carbons (Fsp3) is 0.438. The van der Waals surface area contributed by atoms with E-state index in [1.54, 1.807) is 6.92 Å². The van der Waals surface area contributed by atoms with Gasteiger partial charge in [0.05, 0.1) is 11.9 Å². The second kappa shape index (κ2) is 8.01. The van der Waals surface area contributed by atoms with E-state index in [4.69, 9.17) is 4.74 Å². The third-order valence-electron chi connectivity index (χ3n) is 3.35. The SMILES string of the molecule is CCOC(=O)[C@@H]1CS[C@@H](CC(=O)Nc2ccc(C)cc2)C(=O)N1. The Balaban J connectivity index is 1.84. The van der Waals surface area contributed by atoms with Crippen molar-refractivity contribution < 1.29 is 19.1 Å². The number of amides is 2. The smallest absolute Gasteiger partial charge is 0.329 e.